The minimum Gasteiger partial charge on any atom is -0.478 e. The highest BCUT2D eigenvalue weighted by Crippen LogP contribution is 2.23. The average Bonchev–Trinajstić information content (AvgIpc) is 2.80. The van der Waals surface area contributed by atoms with Crippen LogP contribution in [0.25, 0.3) is 0 Å². The fraction of sp³-hybridized carbons (Fsp3) is 0.0909. The van der Waals surface area contributed by atoms with Gasteiger partial charge in [0.15, 0.2) is 5.76 Å². The predicted octanol–water partition coefficient (Wildman–Crippen LogP) is 2.64. The van der Waals surface area contributed by atoms with Crippen molar-refractivity contribution in [2.75, 3.05) is 5.32 Å². The van der Waals surface area contributed by atoms with Crippen molar-refractivity contribution in [3.8, 4) is 0 Å². The number of rotatable bonds is 4. The van der Waals surface area contributed by atoms with Gasteiger partial charge in [-0.05, 0) is 18.2 Å². The highest BCUT2D eigenvalue weighted by molar-refractivity contribution is 6.33. The molecular formula is C11H9ClN2O3. The van der Waals surface area contributed by atoms with Crippen molar-refractivity contribution < 1.29 is 14.4 Å². The molecule has 0 aliphatic carbocycles. The summed E-state index contributed by atoms with van der Waals surface area (Å²) in [6.45, 7) is 0.437. The maximum Gasteiger partial charge on any atom is 0.335 e. The molecule has 0 fully saturated rings. The number of nitrogens with one attached hydrogen (secondary N) is 1. The van der Waals surface area contributed by atoms with Crippen LogP contribution >= 0.6 is 11.6 Å². The second-order valence-corrected chi connectivity index (χ2v) is 3.74. The second-order valence-electron chi connectivity index (χ2n) is 3.33. The van der Waals surface area contributed by atoms with Gasteiger partial charge in [-0.25, -0.2) is 4.79 Å². The van der Waals surface area contributed by atoms with E-state index in [1.165, 1.54) is 12.1 Å². The molecule has 0 saturated heterocycles. The van der Waals surface area contributed by atoms with E-state index < -0.39 is 5.97 Å². The van der Waals surface area contributed by atoms with E-state index in [4.69, 9.17) is 21.2 Å². The molecule has 17 heavy (non-hydrogen) atoms. The zero-order valence-corrected chi connectivity index (χ0v) is 9.44. The van der Waals surface area contributed by atoms with Crippen LogP contribution in [0.3, 0.4) is 0 Å². The highest BCUT2D eigenvalue weighted by atomic mass is 35.5. The standard InChI is InChI=1S/C11H9ClN2O3/c12-9-5-7(11(15)16)1-2-10(9)13-6-8-3-4-14-17-8/h1-5,13H,6H2,(H,15,16). The molecule has 0 saturated carbocycles. The van der Waals surface area contributed by atoms with E-state index in [-0.39, 0.29) is 5.56 Å². The molecule has 5 nitrogen and oxygen atoms in total. The summed E-state index contributed by atoms with van der Waals surface area (Å²) < 4.78 is 4.91. The number of anilines is 1. The maximum atomic E-state index is 10.7. The molecule has 0 amide bonds. The van der Waals surface area contributed by atoms with Crippen molar-refractivity contribution in [3.05, 3.63) is 46.8 Å². The molecule has 0 radical (unpaired) electrons. The molecule has 0 aliphatic rings. The van der Waals surface area contributed by atoms with Gasteiger partial charge in [-0.15, -0.1) is 0 Å². The Morgan fingerprint density at radius 1 is 1.47 bits per heavy atom. The van der Waals surface area contributed by atoms with E-state index in [0.717, 1.165) is 0 Å². The molecule has 6 heteroatoms. The number of carboxylic acid groups (broad SMARTS) is 1. The average molecular weight is 253 g/mol. The third-order valence-corrected chi connectivity index (χ3v) is 2.47. The lowest BCUT2D eigenvalue weighted by Crippen LogP contribution is -2.01. The van der Waals surface area contributed by atoms with E-state index in [1.807, 2.05) is 0 Å². The molecule has 0 atom stereocenters. The number of halogens is 1. The molecule has 2 N–H and O–H groups in total. The fourth-order valence-corrected chi connectivity index (χ4v) is 1.55. The van der Waals surface area contributed by atoms with Crippen molar-refractivity contribution in [3.63, 3.8) is 0 Å². The molecular weight excluding hydrogens is 244 g/mol. The fourth-order valence-electron chi connectivity index (χ4n) is 1.31. The SMILES string of the molecule is O=C(O)c1ccc(NCc2ccno2)c(Cl)c1. The highest BCUT2D eigenvalue weighted by Gasteiger charge is 2.07. The minimum absolute atomic E-state index is 0.153. The largest absolute Gasteiger partial charge is 0.478 e. The minimum atomic E-state index is -1.01. The topological polar surface area (TPSA) is 75.4 Å². The van der Waals surface area contributed by atoms with Crippen LogP contribution in [0.2, 0.25) is 5.02 Å². The Balaban J connectivity index is 2.09. The van der Waals surface area contributed by atoms with Crippen molar-refractivity contribution in [2.45, 2.75) is 6.54 Å². The van der Waals surface area contributed by atoms with Gasteiger partial charge in [0.05, 0.1) is 29.0 Å². The van der Waals surface area contributed by atoms with Crippen molar-refractivity contribution in [1.29, 1.82) is 0 Å². The number of aromatic nitrogens is 1. The summed E-state index contributed by atoms with van der Waals surface area (Å²) in [4.78, 5) is 10.7. The van der Waals surface area contributed by atoms with Gasteiger partial charge in [0.1, 0.15) is 0 Å². The number of nitrogens with zero attached hydrogens (tertiary/aromatic N) is 1. The van der Waals surface area contributed by atoms with Gasteiger partial charge in [0.2, 0.25) is 0 Å². The normalized spacial score (nSPS) is 10.2. The Labute approximate surface area is 102 Å². The molecule has 0 bridgehead atoms. The third-order valence-electron chi connectivity index (χ3n) is 2.16. The van der Waals surface area contributed by atoms with E-state index in [9.17, 15) is 4.79 Å². The summed E-state index contributed by atoms with van der Waals surface area (Å²) in [5.74, 6) is -0.336. The lowest BCUT2D eigenvalue weighted by Gasteiger charge is -2.06. The van der Waals surface area contributed by atoms with Gasteiger partial charge in [-0.2, -0.15) is 0 Å². The monoisotopic (exact) mass is 252 g/mol. The number of benzene rings is 1. The molecule has 1 heterocycles. The summed E-state index contributed by atoms with van der Waals surface area (Å²) in [6.07, 6.45) is 1.55. The van der Waals surface area contributed by atoms with Crippen LogP contribution in [-0.4, -0.2) is 16.2 Å². The maximum absolute atomic E-state index is 10.7. The summed E-state index contributed by atoms with van der Waals surface area (Å²) in [5.41, 5.74) is 0.799. The quantitative estimate of drug-likeness (QED) is 0.875. The van der Waals surface area contributed by atoms with E-state index in [2.05, 4.69) is 10.5 Å². The Bertz CT molecular complexity index is 526. The zero-order valence-electron chi connectivity index (χ0n) is 8.68. The lowest BCUT2D eigenvalue weighted by atomic mass is 10.2. The number of carboxylic acids is 1. The first kappa shape index (κ1) is 11.5. The summed E-state index contributed by atoms with van der Waals surface area (Å²) in [6, 6.07) is 6.22. The number of hydrogen-bond donors (Lipinski definition) is 2. The Morgan fingerprint density at radius 2 is 2.29 bits per heavy atom. The molecule has 0 unspecified atom stereocenters. The van der Waals surface area contributed by atoms with Crippen molar-refractivity contribution >= 4 is 23.3 Å². The van der Waals surface area contributed by atoms with E-state index in [1.54, 1.807) is 18.3 Å². The van der Waals surface area contributed by atoms with Crippen LogP contribution in [0.5, 0.6) is 0 Å². The molecule has 0 spiro atoms. The first-order valence-corrected chi connectivity index (χ1v) is 5.21. The summed E-state index contributed by atoms with van der Waals surface area (Å²) >= 11 is 5.94. The van der Waals surface area contributed by atoms with Crippen molar-refractivity contribution in [2.24, 2.45) is 0 Å². The van der Waals surface area contributed by atoms with Crippen LogP contribution in [0, 0.1) is 0 Å². The Hall–Kier alpha value is -2.01. The molecule has 2 aromatic rings. The smallest absolute Gasteiger partial charge is 0.335 e. The number of aromatic carboxylic acids is 1. The zero-order chi connectivity index (χ0) is 12.3. The molecule has 1 aromatic carbocycles. The van der Waals surface area contributed by atoms with Gasteiger partial charge < -0.3 is 14.9 Å². The van der Waals surface area contributed by atoms with Crippen LogP contribution in [0.15, 0.2) is 35.0 Å². The van der Waals surface area contributed by atoms with Crippen LogP contribution in [-0.2, 0) is 6.54 Å². The number of hydrogen-bond acceptors (Lipinski definition) is 4. The van der Waals surface area contributed by atoms with Gasteiger partial charge in [0, 0.05) is 6.07 Å². The van der Waals surface area contributed by atoms with E-state index in [0.29, 0.717) is 23.0 Å². The van der Waals surface area contributed by atoms with Gasteiger partial charge in [0.25, 0.3) is 0 Å². The second kappa shape index (κ2) is 4.88. The third kappa shape index (κ3) is 2.76. The molecule has 88 valence electrons. The molecule has 1 aromatic heterocycles. The first-order chi connectivity index (χ1) is 8.16. The number of carbonyl (C=O) groups is 1. The van der Waals surface area contributed by atoms with Crippen LogP contribution in [0.1, 0.15) is 16.1 Å². The molecule has 0 aliphatic heterocycles. The van der Waals surface area contributed by atoms with E-state index >= 15 is 0 Å². The predicted molar refractivity (Wildman–Crippen MR) is 62.2 cm³/mol. The van der Waals surface area contributed by atoms with Crippen LogP contribution in [0.4, 0.5) is 5.69 Å². The van der Waals surface area contributed by atoms with Gasteiger partial charge in [-0.1, -0.05) is 16.8 Å². The Morgan fingerprint density at radius 3 is 2.88 bits per heavy atom. The first-order valence-electron chi connectivity index (χ1n) is 4.83. The van der Waals surface area contributed by atoms with Crippen molar-refractivity contribution in [1.82, 2.24) is 5.16 Å². The van der Waals surface area contributed by atoms with Gasteiger partial charge in [-0.3, -0.25) is 0 Å². The summed E-state index contributed by atoms with van der Waals surface area (Å²) in [5, 5.41) is 15.7. The van der Waals surface area contributed by atoms with Crippen LogP contribution < -0.4 is 5.32 Å². The lowest BCUT2D eigenvalue weighted by molar-refractivity contribution is 0.0697. The summed E-state index contributed by atoms with van der Waals surface area (Å²) in [7, 11) is 0. The molecule has 2 rings (SSSR count). The van der Waals surface area contributed by atoms with Gasteiger partial charge >= 0.3 is 5.97 Å². The Kier molecular flexibility index (Phi) is 3.30.